The van der Waals surface area contributed by atoms with Crippen molar-refractivity contribution < 1.29 is 9.52 Å². The van der Waals surface area contributed by atoms with Gasteiger partial charge in [-0.15, -0.1) is 0 Å². The van der Waals surface area contributed by atoms with Crippen LogP contribution in [-0.2, 0) is 0 Å². The largest absolute Gasteiger partial charge is 0.431 e. The molecule has 0 saturated heterocycles. The van der Waals surface area contributed by atoms with Gasteiger partial charge in [0.25, 0.3) is 5.56 Å². The maximum Gasteiger partial charge on any atom is 0.335 e. The van der Waals surface area contributed by atoms with Crippen LogP contribution in [0.4, 0.5) is 0 Å². The molecule has 6 rings (SSSR count). The van der Waals surface area contributed by atoms with Crippen molar-refractivity contribution in [2.45, 2.75) is 89.2 Å². The number of aliphatic hydroxyl groups is 1. The summed E-state index contributed by atoms with van der Waals surface area (Å²) in [6.07, 6.45) is 13.0. The highest BCUT2D eigenvalue weighted by Gasteiger charge is 2.67. The highest BCUT2D eigenvalue weighted by molar-refractivity contribution is 5.27. The lowest BCUT2D eigenvalue weighted by Gasteiger charge is -2.63. The Labute approximate surface area is 201 Å². The van der Waals surface area contributed by atoms with E-state index >= 15 is 0 Å². The zero-order valence-electron chi connectivity index (χ0n) is 20.4. The lowest BCUT2D eigenvalue weighted by Crippen LogP contribution is -2.61. The molecule has 5 nitrogen and oxygen atoms in total. The van der Waals surface area contributed by atoms with Gasteiger partial charge in [-0.1, -0.05) is 19.9 Å². The summed E-state index contributed by atoms with van der Waals surface area (Å²) in [6.45, 7) is 4.78. The Morgan fingerprint density at radius 3 is 2.56 bits per heavy atom. The van der Waals surface area contributed by atoms with Crippen molar-refractivity contribution in [2.24, 2.45) is 28.6 Å². The normalized spacial score (nSPS) is 43.6. The molecular weight excluding hydrogens is 426 g/mol. The lowest BCUT2D eigenvalue weighted by atomic mass is 9.43. The molecule has 4 aliphatic carbocycles. The van der Waals surface area contributed by atoms with E-state index in [1.807, 2.05) is 29.0 Å². The van der Waals surface area contributed by atoms with E-state index in [0.717, 1.165) is 63.4 Å². The van der Waals surface area contributed by atoms with Crippen LogP contribution in [0.1, 0.15) is 89.2 Å². The van der Waals surface area contributed by atoms with Crippen LogP contribution in [-0.4, -0.2) is 15.3 Å². The third-order valence-corrected chi connectivity index (χ3v) is 11.2. The van der Waals surface area contributed by atoms with E-state index in [9.17, 15) is 14.7 Å². The van der Waals surface area contributed by atoms with Crippen LogP contribution in [0.25, 0.3) is 0 Å². The van der Waals surface area contributed by atoms with E-state index in [-0.39, 0.29) is 27.9 Å². The van der Waals surface area contributed by atoms with E-state index < -0.39 is 5.60 Å². The Bertz CT molecular complexity index is 1180. The number of rotatable bonds is 2. The molecule has 0 unspecified atom stereocenters. The SMILES string of the molecule is C[C@]12CC[C@H](n3ccccc3=O)C[C@H]1CC[C@@H]1[C@@H]2CC[C@]2(C)[C@@H](c3ccc(=O)oc3)CC[C@]12O. The van der Waals surface area contributed by atoms with Gasteiger partial charge in [0.1, 0.15) is 0 Å². The predicted molar refractivity (Wildman–Crippen MR) is 131 cm³/mol. The Hall–Kier alpha value is -2.14. The van der Waals surface area contributed by atoms with Crippen LogP contribution in [0.3, 0.4) is 0 Å². The summed E-state index contributed by atoms with van der Waals surface area (Å²) < 4.78 is 7.17. The summed E-state index contributed by atoms with van der Waals surface area (Å²) in [6, 6.07) is 9.20. The highest BCUT2D eigenvalue weighted by Crippen LogP contribution is 2.70. The molecule has 0 bridgehead atoms. The average molecular weight is 464 g/mol. The van der Waals surface area contributed by atoms with E-state index in [4.69, 9.17) is 4.42 Å². The Kier molecular flexibility index (Phi) is 5.04. The first-order valence-corrected chi connectivity index (χ1v) is 13.2. The molecular formula is C29H37NO4. The Balaban J connectivity index is 1.27. The molecule has 4 aliphatic rings. The third-order valence-electron chi connectivity index (χ3n) is 11.2. The minimum absolute atomic E-state index is 0.112. The van der Waals surface area contributed by atoms with Crippen molar-refractivity contribution >= 4 is 0 Å². The van der Waals surface area contributed by atoms with Crippen molar-refractivity contribution in [2.75, 3.05) is 0 Å². The van der Waals surface area contributed by atoms with Gasteiger partial charge in [-0.25, -0.2) is 4.79 Å². The molecule has 4 fully saturated rings. The second-order valence-electron chi connectivity index (χ2n) is 12.2. The van der Waals surface area contributed by atoms with Crippen molar-refractivity contribution in [3.05, 3.63) is 69.1 Å². The first-order valence-electron chi connectivity index (χ1n) is 13.2. The summed E-state index contributed by atoms with van der Waals surface area (Å²) in [4.78, 5) is 24.0. The molecule has 4 saturated carbocycles. The molecule has 1 N–H and O–H groups in total. The van der Waals surface area contributed by atoms with Crippen molar-refractivity contribution in [3.63, 3.8) is 0 Å². The van der Waals surface area contributed by atoms with Crippen LogP contribution in [0, 0.1) is 28.6 Å². The quantitative estimate of drug-likeness (QED) is 0.657. The van der Waals surface area contributed by atoms with E-state index in [1.165, 1.54) is 6.07 Å². The fraction of sp³-hybridized carbons (Fsp3) is 0.655. The van der Waals surface area contributed by atoms with Gasteiger partial charge in [0.05, 0.1) is 11.9 Å². The Morgan fingerprint density at radius 1 is 0.941 bits per heavy atom. The number of fused-ring (bicyclic) bond motifs is 5. The van der Waals surface area contributed by atoms with Crippen molar-refractivity contribution in [1.29, 1.82) is 0 Å². The van der Waals surface area contributed by atoms with E-state index in [2.05, 4.69) is 13.8 Å². The monoisotopic (exact) mass is 463 g/mol. The zero-order chi connectivity index (χ0) is 23.7. The maximum atomic E-state index is 12.5. The molecule has 0 aliphatic heterocycles. The van der Waals surface area contributed by atoms with Gasteiger partial charge in [0, 0.05) is 29.8 Å². The summed E-state index contributed by atoms with van der Waals surface area (Å²) in [5.41, 5.74) is 0.230. The smallest absolute Gasteiger partial charge is 0.335 e. The van der Waals surface area contributed by atoms with Crippen LogP contribution in [0.2, 0.25) is 0 Å². The lowest BCUT2D eigenvalue weighted by molar-refractivity contribution is -0.202. The minimum atomic E-state index is -0.669. The fourth-order valence-electron chi connectivity index (χ4n) is 9.30. The fourth-order valence-corrected chi connectivity index (χ4v) is 9.30. The molecule has 5 heteroatoms. The molecule has 182 valence electrons. The first kappa shape index (κ1) is 22.3. The molecule has 0 aromatic carbocycles. The number of hydrogen-bond donors (Lipinski definition) is 1. The van der Waals surface area contributed by atoms with Crippen molar-refractivity contribution in [3.8, 4) is 0 Å². The maximum absolute atomic E-state index is 12.5. The average Bonchev–Trinajstić information content (AvgIpc) is 3.11. The summed E-state index contributed by atoms with van der Waals surface area (Å²) in [7, 11) is 0. The highest BCUT2D eigenvalue weighted by atomic mass is 16.4. The number of pyridine rings is 1. The molecule has 2 aromatic heterocycles. The zero-order valence-corrected chi connectivity index (χ0v) is 20.4. The molecule has 0 radical (unpaired) electrons. The van der Waals surface area contributed by atoms with E-state index in [0.29, 0.717) is 23.8 Å². The first-order chi connectivity index (χ1) is 16.3. The number of hydrogen-bond acceptors (Lipinski definition) is 4. The van der Waals surface area contributed by atoms with Crippen LogP contribution < -0.4 is 11.2 Å². The van der Waals surface area contributed by atoms with Gasteiger partial charge in [-0.3, -0.25) is 4.79 Å². The second kappa shape index (κ2) is 7.68. The van der Waals surface area contributed by atoms with Gasteiger partial charge in [-0.05, 0) is 105 Å². The van der Waals surface area contributed by atoms with Gasteiger partial charge in [0.2, 0.25) is 0 Å². The second-order valence-corrected chi connectivity index (χ2v) is 12.2. The van der Waals surface area contributed by atoms with Gasteiger partial charge in [0.15, 0.2) is 0 Å². The molecule has 8 atom stereocenters. The standard InChI is InChI=1S/C29H37NO4/c1-27-13-10-21(30-16-4-3-5-25(30)31)17-20(27)7-8-24-23(27)11-14-28(2)22(12-15-29(24,28)33)19-6-9-26(32)34-18-19/h3-6,9,16,18,20-24,33H,7-8,10-15,17H2,1-2H3/t20-,21+,22-,23+,24-,27+,28-,29+/m1/s1. The molecule has 0 amide bonds. The van der Waals surface area contributed by atoms with Crippen molar-refractivity contribution in [1.82, 2.24) is 4.57 Å². The van der Waals surface area contributed by atoms with Crippen LogP contribution in [0.15, 0.2) is 56.8 Å². The topological polar surface area (TPSA) is 72.4 Å². The molecule has 0 spiro atoms. The number of nitrogens with zero attached hydrogens (tertiary/aromatic N) is 1. The predicted octanol–water partition coefficient (Wildman–Crippen LogP) is 5.28. The molecule has 2 aromatic rings. The van der Waals surface area contributed by atoms with E-state index in [1.54, 1.807) is 12.3 Å². The van der Waals surface area contributed by atoms with Gasteiger partial charge < -0.3 is 14.1 Å². The summed E-state index contributed by atoms with van der Waals surface area (Å²) in [5, 5.41) is 12.4. The molecule has 34 heavy (non-hydrogen) atoms. The van der Waals surface area contributed by atoms with Crippen LogP contribution >= 0.6 is 0 Å². The minimum Gasteiger partial charge on any atom is -0.431 e. The van der Waals surface area contributed by atoms with Crippen LogP contribution in [0.5, 0.6) is 0 Å². The number of aromatic nitrogens is 1. The summed E-state index contributed by atoms with van der Waals surface area (Å²) in [5.74, 6) is 1.69. The molecule has 2 heterocycles. The van der Waals surface area contributed by atoms with Gasteiger partial charge >= 0.3 is 5.63 Å². The summed E-state index contributed by atoms with van der Waals surface area (Å²) >= 11 is 0. The Morgan fingerprint density at radius 2 is 1.79 bits per heavy atom. The van der Waals surface area contributed by atoms with Gasteiger partial charge in [-0.2, -0.15) is 0 Å². The third kappa shape index (κ3) is 3.01.